The Hall–Kier alpha value is -1.85. The third-order valence-corrected chi connectivity index (χ3v) is 2.95. The van der Waals surface area contributed by atoms with Crippen LogP contribution in [-0.4, -0.2) is 35.6 Å². The number of hydrogen-bond donors (Lipinski definition) is 2. The Bertz CT molecular complexity index is 520. The molecule has 2 aromatic rings. The third kappa shape index (κ3) is 3.13. The highest BCUT2D eigenvalue weighted by atomic mass is 16.5. The smallest absolute Gasteiger partial charge is 0.119 e. The molecule has 2 rings (SSSR count). The van der Waals surface area contributed by atoms with Gasteiger partial charge in [0.1, 0.15) is 12.4 Å². The second kappa shape index (κ2) is 6.36. The Morgan fingerprint density at radius 1 is 1.21 bits per heavy atom. The van der Waals surface area contributed by atoms with Crippen molar-refractivity contribution in [1.29, 1.82) is 0 Å². The monoisotopic (exact) mass is 262 g/mol. The summed E-state index contributed by atoms with van der Waals surface area (Å²) in [5.74, 6) is 0.802. The predicted octanol–water partition coefficient (Wildman–Crippen LogP) is 1.90. The van der Waals surface area contributed by atoms with Gasteiger partial charge in [0.15, 0.2) is 0 Å². The topological polar surface area (TPSA) is 67.4 Å². The standard InChI is InChI=1S/C14H18N2O3/c1-10-13(9-17)15-16-14(10)11-3-5-12(6-4-11)19-8-7-18-2/h3-6,17H,7-9H2,1-2H3,(H,15,16). The SMILES string of the molecule is COCCOc1ccc(-c2n[nH]c(CO)c2C)cc1. The molecule has 0 aliphatic heterocycles. The number of ether oxygens (including phenoxy) is 2. The number of hydrogen-bond acceptors (Lipinski definition) is 4. The molecule has 0 fully saturated rings. The van der Waals surface area contributed by atoms with Gasteiger partial charge in [-0.05, 0) is 31.2 Å². The first-order chi connectivity index (χ1) is 9.26. The van der Waals surface area contributed by atoms with Crippen LogP contribution in [0.4, 0.5) is 0 Å². The Balaban J connectivity index is 2.11. The number of nitrogens with zero attached hydrogens (tertiary/aromatic N) is 1. The minimum atomic E-state index is -0.0307. The summed E-state index contributed by atoms with van der Waals surface area (Å²) in [5.41, 5.74) is 3.56. The van der Waals surface area contributed by atoms with E-state index in [2.05, 4.69) is 10.2 Å². The largest absolute Gasteiger partial charge is 0.491 e. The number of aliphatic hydroxyl groups is 1. The molecule has 1 aromatic carbocycles. The maximum atomic E-state index is 9.14. The number of aromatic nitrogens is 2. The van der Waals surface area contributed by atoms with Crippen molar-refractivity contribution in [2.75, 3.05) is 20.3 Å². The molecule has 0 unspecified atom stereocenters. The van der Waals surface area contributed by atoms with E-state index in [1.165, 1.54) is 0 Å². The summed E-state index contributed by atoms with van der Waals surface area (Å²) in [5, 5.41) is 16.2. The quantitative estimate of drug-likeness (QED) is 0.780. The average Bonchev–Trinajstić information content (AvgIpc) is 2.81. The number of methoxy groups -OCH3 is 1. The molecule has 1 aromatic heterocycles. The summed E-state index contributed by atoms with van der Waals surface area (Å²) >= 11 is 0. The second-order valence-electron chi connectivity index (χ2n) is 4.20. The summed E-state index contributed by atoms with van der Waals surface area (Å²) in [6, 6.07) is 7.70. The highest BCUT2D eigenvalue weighted by Crippen LogP contribution is 2.25. The number of H-pyrrole nitrogens is 1. The lowest BCUT2D eigenvalue weighted by Gasteiger charge is -2.06. The molecule has 0 amide bonds. The molecule has 102 valence electrons. The van der Waals surface area contributed by atoms with Gasteiger partial charge < -0.3 is 14.6 Å². The summed E-state index contributed by atoms with van der Waals surface area (Å²) in [7, 11) is 1.64. The maximum absolute atomic E-state index is 9.14. The van der Waals surface area contributed by atoms with Crippen molar-refractivity contribution >= 4 is 0 Å². The van der Waals surface area contributed by atoms with Gasteiger partial charge in [-0.3, -0.25) is 5.10 Å². The maximum Gasteiger partial charge on any atom is 0.119 e. The Kier molecular flexibility index (Phi) is 4.54. The number of aliphatic hydroxyl groups excluding tert-OH is 1. The van der Waals surface area contributed by atoms with Crippen LogP contribution in [0.3, 0.4) is 0 Å². The molecule has 5 nitrogen and oxygen atoms in total. The number of nitrogens with one attached hydrogen (secondary N) is 1. The van der Waals surface area contributed by atoms with Crippen LogP contribution in [0.2, 0.25) is 0 Å². The van der Waals surface area contributed by atoms with Gasteiger partial charge in [-0.1, -0.05) is 0 Å². The highest BCUT2D eigenvalue weighted by molar-refractivity contribution is 5.64. The summed E-state index contributed by atoms with van der Waals surface area (Å²) in [4.78, 5) is 0. The van der Waals surface area contributed by atoms with E-state index in [1.807, 2.05) is 31.2 Å². The van der Waals surface area contributed by atoms with E-state index < -0.39 is 0 Å². The Morgan fingerprint density at radius 2 is 1.95 bits per heavy atom. The molecule has 0 spiro atoms. The van der Waals surface area contributed by atoms with Crippen LogP contribution < -0.4 is 4.74 Å². The lowest BCUT2D eigenvalue weighted by atomic mass is 10.1. The van der Waals surface area contributed by atoms with E-state index in [4.69, 9.17) is 14.6 Å². The van der Waals surface area contributed by atoms with Crippen LogP contribution in [0.5, 0.6) is 5.75 Å². The lowest BCUT2D eigenvalue weighted by Crippen LogP contribution is -2.03. The van der Waals surface area contributed by atoms with E-state index in [0.29, 0.717) is 13.2 Å². The minimum absolute atomic E-state index is 0.0307. The van der Waals surface area contributed by atoms with Crippen molar-refractivity contribution in [3.63, 3.8) is 0 Å². The van der Waals surface area contributed by atoms with E-state index in [9.17, 15) is 0 Å². The van der Waals surface area contributed by atoms with Gasteiger partial charge in [0.05, 0.1) is 24.6 Å². The Labute approximate surface area is 112 Å². The first-order valence-electron chi connectivity index (χ1n) is 6.13. The zero-order valence-electron chi connectivity index (χ0n) is 11.1. The van der Waals surface area contributed by atoms with Gasteiger partial charge in [-0.15, -0.1) is 0 Å². The molecule has 0 aliphatic carbocycles. The average molecular weight is 262 g/mol. The molecular formula is C14H18N2O3. The minimum Gasteiger partial charge on any atom is -0.491 e. The van der Waals surface area contributed by atoms with Crippen LogP contribution >= 0.6 is 0 Å². The van der Waals surface area contributed by atoms with Gasteiger partial charge in [-0.25, -0.2) is 0 Å². The van der Waals surface area contributed by atoms with Crippen molar-refractivity contribution in [2.45, 2.75) is 13.5 Å². The van der Waals surface area contributed by atoms with Crippen LogP contribution in [0.1, 0.15) is 11.3 Å². The van der Waals surface area contributed by atoms with Gasteiger partial charge >= 0.3 is 0 Å². The van der Waals surface area contributed by atoms with Crippen molar-refractivity contribution in [3.8, 4) is 17.0 Å². The lowest BCUT2D eigenvalue weighted by molar-refractivity contribution is 0.146. The molecule has 0 bridgehead atoms. The van der Waals surface area contributed by atoms with Crippen molar-refractivity contribution in [1.82, 2.24) is 10.2 Å². The van der Waals surface area contributed by atoms with E-state index in [0.717, 1.165) is 28.3 Å². The highest BCUT2D eigenvalue weighted by Gasteiger charge is 2.10. The molecule has 19 heavy (non-hydrogen) atoms. The fraction of sp³-hybridized carbons (Fsp3) is 0.357. The Morgan fingerprint density at radius 3 is 2.53 bits per heavy atom. The van der Waals surface area contributed by atoms with Gasteiger partial charge in [0, 0.05) is 18.2 Å². The zero-order valence-corrected chi connectivity index (χ0v) is 11.1. The molecule has 0 saturated heterocycles. The van der Waals surface area contributed by atoms with Crippen LogP contribution in [0, 0.1) is 6.92 Å². The molecule has 0 radical (unpaired) electrons. The van der Waals surface area contributed by atoms with Gasteiger partial charge in [0.25, 0.3) is 0 Å². The molecule has 5 heteroatoms. The molecule has 0 aliphatic rings. The van der Waals surface area contributed by atoms with Crippen LogP contribution in [-0.2, 0) is 11.3 Å². The summed E-state index contributed by atoms with van der Waals surface area (Å²) < 4.78 is 10.4. The van der Waals surface area contributed by atoms with E-state index in [1.54, 1.807) is 7.11 Å². The first-order valence-corrected chi connectivity index (χ1v) is 6.13. The molecule has 1 heterocycles. The number of aromatic amines is 1. The molecule has 2 N–H and O–H groups in total. The second-order valence-corrected chi connectivity index (χ2v) is 4.20. The normalized spacial score (nSPS) is 10.7. The first kappa shape index (κ1) is 13.6. The van der Waals surface area contributed by atoms with Gasteiger partial charge in [-0.2, -0.15) is 5.10 Å². The van der Waals surface area contributed by atoms with Crippen LogP contribution in [0.25, 0.3) is 11.3 Å². The number of benzene rings is 1. The van der Waals surface area contributed by atoms with Gasteiger partial charge in [0.2, 0.25) is 0 Å². The third-order valence-electron chi connectivity index (χ3n) is 2.95. The van der Waals surface area contributed by atoms with E-state index in [-0.39, 0.29) is 6.61 Å². The molecule has 0 atom stereocenters. The molecule has 0 saturated carbocycles. The number of rotatable bonds is 6. The molecular weight excluding hydrogens is 244 g/mol. The summed E-state index contributed by atoms with van der Waals surface area (Å²) in [6.45, 7) is 3.01. The van der Waals surface area contributed by atoms with Crippen molar-refractivity contribution in [3.05, 3.63) is 35.5 Å². The van der Waals surface area contributed by atoms with Crippen molar-refractivity contribution in [2.24, 2.45) is 0 Å². The van der Waals surface area contributed by atoms with E-state index >= 15 is 0 Å². The van der Waals surface area contributed by atoms with Crippen LogP contribution in [0.15, 0.2) is 24.3 Å². The fourth-order valence-electron chi connectivity index (χ4n) is 1.82. The fourth-order valence-corrected chi connectivity index (χ4v) is 1.82. The summed E-state index contributed by atoms with van der Waals surface area (Å²) in [6.07, 6.45) is 0. The predicted molar refractivity (Wildman–Crippen MR) is 72.1 cm³/mol. The van der Waals surface area contributed by atoms with Crippen molar-refractivity contribution < 1.29 is 14.6 Å². The zero-order chi connectivity index (χ0) is 13.7.